The third-order valence-corrected chi connectivity index (χ3v) is 10.2. The van der Waals surface area contributed by atoms with Gasteiger partial charge in [-0.3, -0.25) is 14.4 Å². The third-order valence-electron chi connectivity index (χ3n) is 8.27. The van der Waals surface area contributed by atoms with Crippen molar-refractivity contribution in [2.75, 3.05) is 19.8 Å². The van der Waals surface area contributed by atoms with Gasteiger partial charge in [0.05, 0.1) is 35.8 Å². The first-order chi connectivity index (χ1) is 17.0. The highest BCUT2D eigenvalue weighted by molar-refractivity contribution is 8.02. The molecule has 3 saturated heterocycles. The summed E-state index contributed by atoms with van der Waals surface area (Å²) in [5.74, 6) is -1.85. The number of carbonyl (C=O) groups excluding carboxylic acids is 3. The summed E-state index contributed by atoms with van der Waals surface area (Å²) in [4.78, 5) is 45.3. The van der Waals surface area contributed by atoms with Crippen LogP contribution in [0.15, 0.2) is 25.3 Å². The lowest BCUT2D eigenvalue weighted by molar-refractivity contribution is -0.155. The molecule has 0 radical (unpaired) electrons. The zero-order chi connectivity index (χ0) is 26.8. The second-order valence-electron chi connectivity index (χ2n) is 11.4. The molecule has 3 rings (SSSR count). The molecule has 36 heavy (non-hydrogen) atoms. The molecule has 1 spiro atoms. The van der Waals surface area contributed by atoms with Crippen LogP contribution in [0.3, 0.4) is 0 Å². The molecule has 0 aromatic carbocycles. The second-order valence-corrected chi connectivity index (χ2v) is 13.0. The van der Waals surface area contributed by atoms with Gasteiger partial charge in [-0.25, -0.2) is 0 Å². The van der Waals surface area contributed by atoms with Gasteiger partial charge in [0, 0.05) is 17.3 Å². The lowest BCUT2D eigenvalue weighted by Gasteiger charge is -2.44. The fourth-order valence-corrected chi connectivity index (χ4v) is 8.46. The number of aliphatic hydroxyl groups excluding tert-OH is 1. The number of hydrogen-bond donors (Lipinski definition) is 1. The van der Waals surface area contributed by atoms with Gasteiger partial charge in [0.25, 0.3) is 0 Å². The molecule has 202 valence electrons. The smallest absolute Gasteiger partial charge is 0.310 e. The summed E-state index contributed by atoms with van der Waals surface area (Å²) in [7, 11) is 0. The highest BCUT2D eigenvalue weighted by Crippen LogP contribution is 2.67. The molecule has 2 unspecified atom stereocenters. The number of aliphatic hydroxyl groups is 1. The number of ether oxygens (including phenoxy) is 1. The number of carbonyl (C=O) groups is 3. The van der Waals surface area contributed by atoms with Crippen LogP contribution in [0.1, 0.15) is 66.7 Å². The van der Waals surface area contributed by atoms with Crippen LogP contribution in [0, 0.1) is 17.8 Å². The molecule has 3 aliphatic heterocycles. The van der Waals surface area contributed by atoms with Crippen LogP contribution >= 0.6 is 11.8 Å². The van der Waals surface area contributed by atoms with Crippen molar-refractivity contribution in [3.05, 3.63) is 25.3 Å². The van der Waals surface area contributed by atoms with E-state index in [-0.39, 0.29) is 35.6 Å². The van der Waals surface area contributed by atoms with Gasteiger partial charge < -0.3 is 19.6 Å². The van der Waals surface area contributed by atoms with E-state index in [4.69, 9.17) is 4.74 Å². The summed E-state index contributed by atoms with van der Waals surface area (Å²) in [6.45, 7) is 17.9. The van der Waals surface area contributed by atoms with Gasteiger partial charge in [0.2, 0.25) is 11.8 Å². The van der Waals surface area contributed by atoms with E-state index < -0.39 is 34.2 Å². The van der Waals surface area contributed by atoms with E-state index in [2.05, 4.69) is 13.2 Å². The van der Waals surface area contributed by atoms with Gasteiger partial charge in [-0.1, -0.05) is 32.4 Å². The molecule has 0 aromatic rings. The zero-order valence-electron chi connectivity index (χ0n) is 22.6. The van der Waals surface area contributed by atoms with E-state index in [0.29, 0.717) is 26.0 Å². The number of fused-ring (bicyclic) bond motifs is 1. The Labute approximate surface area is 220 Å². The summed E-state index contributed by atoms with van der Waals surface area (Å²) in [5.41, 5.74) is -0.482. The number of amides is 2. The van der Waals surface area contributed by atoms with Crippen LogP contribution in [0.4, 0.5) is 0 Å². The van der Waals surface area contributed by atoms with Crippen LogP contribution < -0.4 is 0 Å². The average molecular weight is 521 g/mol. The lowest BCUT2D eigenvalue weighted by Crippen LogP contribution is -2.61. The molecule has 7 nitrogen and oxygen atoms in total. The minimum Gasteiger partial charge on any atom is -0.465 e. The number of allylic oxidation sites excluding steroid dienone is 1. The summed E-state index contributed by atoms with van der Waals surface area (Å²) >= 11 is 1.63. The number of thioether (sulfide) groups is 1. The Morgan fingerprint density at radius 1 is 1.33 bits per heavy atom. The number of nitrogens with zero attached hydrogens (tertiary/aromatic N) is 2. The molecule has 1 N–H and O–H groups in total. The Bertz CT molecular complexity index is 870. The number of likely N-dealkylation sites (tertiary alicyclic amines) is 1. The maximum atomic E-state index is 14.4. The fraction of sp³-hybridized carbons (Fsp3) is 0.750. The summed E-state index contributed by atoms with van der Waals surface area (Å²) < 4.78 is 4.93. The Morgan fingerprint density at radius 2 is 2.03 bits per heavy atom. The van der Waals surface area contributed by atoms with E-state index in [0.717, 1.165) is 19.3 Å². The number of hydrogen-bond acceptors (Lipinski definition) is 6. The summed E-state index contributed by atoms with van der Waals surface area (Å²) in [6.07, 6.45) is 7.16. The van der Waals surface area contributed by atoms with Gasteiger partial charge in [0.1, 0.15) is 6.04 Å². The molecule has 0 aromatic heterocycles. The van der Waals surface area contributed by atoms with Crippen molar-refractivity contribution >= 4 is 29.5 Å². The van der Waals surface area contributed by atoms with Gasteiger partial charge in [-0.05, 0) is 52.4 Å². The predicted octanol–water partition coefficient (Wildman–Crippen LogP) is 3.81. The number of esters is 1. The first kappa shape index (κ1) is 28.8. The van der Waals surface area contributed by atoms with Crippen molar-refractivity contribution in [1.29, 1.82) is 0 Å². The molecular weight excluding hydrogens is 476 g/mol. The van der Waals surface area contributed by atoms with Crippen molar-refractivity contribution in [3.63, 3.8) is 0 Å². The van der Waals surface area contributed by atoms with E-state index in [1.165, 1.54) is 0 Å². The van der Waals surface area contributed by atoms with Crippen molar-refractivity contribution in [2.24, 2.45) is 17.8 Å². The predicted molar refractivity (Wildman–Crippen MR) is 143 cm³/mol. The Hall–Kier alpha value is -1.80. The van der Waals surface area contributed by atoms with Crippen molar-refractivity contribution in [3.8, 4) is 0 Å². The van der Waals surface area contributed by atoms with E-state index in [9.17, 15) is 19.5 Å². The molecule has 2 amide bonds. The standard InChI is InChI=1S/C28H44N2O5S/c1-8-11-12-16-35-26(34)21-20-13-14-28(36-20)22(21)24(32)30(19(17-31)18(4)10-3)23(28)25(33)29(15-9-2)27(5,6)7/h8-9,18-23,31H,1-2,10-17H2,3-7H3/t18-,19-,20+,21-,22-,23?,28?/m0/s1. The maximum absolute atomic E-state index is 14.4. The molecule has 2 bridgehead atoms. The van der Waals surface area contributed by atoms with Gasteiger partial charge in [0.15, 0.2) is 0 Å². The molecular formula is C28H44N2O5S. The highest BCUT2D eigenvalue weighted by Gasteiger charge is 2.75. The van der Waals surface area contributed by atoms with Gasteiger partial charge >= 0.3 is 5.97 Å². The quantitative estimate of drug-likeness (QED) is 0.239. The monoisotopic (exact) mass is 520 g/mol. The molecule has 3 aliphatic rings. The summed E-state index contributed by atoms with van der Waals surface area (Å²) in [6, 6.07) is -1.24. The zero-order valence-corrected chi connectivity index (χ0v) is 23.4. The molecule has 3 heterocycles. The van der Waals surface area contributed by atoms with E-state index >= 15 is 0 Å². The van der Waals surface area contributed by atoms with E-state index in [1.54, 1.807) is 33.7 Å². The lowest BCUT2D eigenvalue weighted by atomic mass is 9.71. The van der Waals surface area contributed by atoms with Gasteiger partial charge in [-0.15, -0.1) is 24.9 Å². The topological polar surface area (TPSA) is 87.1 Å². The van der Waals surface area contributed by atoms with Crippen LogP contribution in [0.2, 0.25) is 0 Å². The van der Waals surface area contributed by atoms with E-state index in [1.807, 2.05) is 34.6 Å². The van der Waals surface area contributed by atoms with Crippen LogP contribution in [-0.2, 0) is 19.1 Å². The first-order valence-corrected chi connectivity index (χ1v) is 14.2. The molecule has 7 atom stereocenters. The van der Waals surface area contributed by atoms with Crippen LogP contribution in [0.5, 0.6) is 0 Å². The van der Waals surface area contributed by atoms with Crippen LogP contribution in [0.25, 0.3) is 0 Å². The Kier molecular flexibility index (Phi) is 9.03. The second kappa shape index (κ2) is 11.3. The fourth-order valence-electron chi connectivity index (χ4n) is 6.28. The third kappa shape index (κ3) is 4.87. The molecule has 0 aliphatic carbocycles. The minimum atomic E-state index is -0.742. The van der Waals surface area contributed by atoms with Gasteiger partial charge in [-0.2, -0.15) is 0 Å². The SMILES string of the molecule is C=CCCCOC(=O)[C@@H]1[C@H]2C(=O)N([C@@H](CO)[C@@H](C)CC)C(C(=O)N(CC=C)C(C)(C)C)C23CC[C@H]1S3. The number of unbranched alkanes of at least 4 members (excludes halogenated alkanes) is 1. The average Bonchev–Trinajstić information content (AvgIpc) is 3.47. The first-order valence-electron chi connectivity index (χ1n) is 13.3. The number of rotatable bonds is 12. The highest BCUT2D eigenvalue weighted by atomic mass is 32.2. The molecule has 8 heteroatoms. The Morgan fingerprint density at radius 3 is 2.58 bits per heavy atom. The van der Waals surface area contributed by atoms with Crippen molar-refractivity contribution < 1.29 is 24.2 Å². The normalized spacial score (nSPS) is 30.6. The van der Waals surface area contributed by atoms with Crippen molar-refractivity contribution in [1.82, 2.24) is 9.80 Å². The maximum Gasteiger partial charge on any atom is 0.310 e. The Balaban J connectivity index is 2.06. The minimum absolute atomic E-state index is 0.00141. The molecule has 3 fully saturated rings. The van der Waals surface area contributed by atoms with Crippen LogP contribution in [-0.4, -0.2) is 80.1 Å². The van der Waals surface area contributed by atoms with Crippen molar-refractivity contribution in [2.45, 2.75) is 94.3 Å². The molecule has 0 saturated carbocycles. The summed E-state index contributed by atoms with van der Waals surface area (Å²) in [5, 5.41) is 10.4. The largest absolute Gasteiger partial charge is 0.465 e.